The van der Waals surface area contributed by atoms with Crippen LogP contribution in [0.15, 0.2) is 24.5 Å². The Bertz CT molecular complexity index is 761. The van der Waals surface area contributed by atoms with Gasteiger partial charge in [-0.15, -0.1) is 0 Å². The van der Waals surface area contributed by atoms with Crippen LogP contribution < -0.4 is 5.73 Å². The number of hydrogen-bond donors (Lipinski definition) is 1. The van der Waals surface area contributed by atoms with Crippen LogP contribution in [0.25, 0.3) is 5.52 Å². The Morgan fingerprint density at radius 1 is 1.48 bits per heavy atom. The van der Waals surface area contributed by atoms with Crippen molar-refractivity contribution in [2.75, 3.05) is 18.9 Å². The number of carbonyl (C=O) groups excluding carboxylic acids is 1. The summed E-state index contributed by atoms with van der Waals surface area (Å²) < 4.78 is 7.55. The lowest BCUT2D eigenvalue weighted by Gasteiger charge is -2.56. The van der Waals surface area contributed by atoms with Crippen molar-refractivity contribution in [2.45, 2.75) is 38.8 Å². The van der Waals surface area contributed by atoms with Gasteiger partial charge in [-0.1, -0.05) is 13.8 Å². The van der Waals surface area contributed by atoms with Crippen molar-refractivity contribution in [3.8, 4) is 0 Å². The van der Waals surface area contributed by atoms with Crippen molar-refractivity contribution in [1.29, 1.82) is 0 Å². The first kappa shape index (κ1) is 14.5. The van der Waals surface area contributed by atoms with Crippen LogP contribution in [0.2, 0.25) is 0 Å². The van der Waals surface area contributed by atoms with Gasteiger partial charge in [0, 0.05) is 30.5 Å². The number of pyridine rings is 1. The van der Waals surface area contributed by atoms with Gasteiger partial charge in [0.2, 0.25) is 0 Å². The number of rotatable bonds is 2. The largest absolute Gasteiger partial charge is 0.399 e. The highest BCUT2D eigenvalue weighted by molar-refractivity contribution is 6.01. The molecule has 1 amide bonds. The summed E-state index contributed by atoms with van der Waals surface area (Å²) in [4.78, 5) is 15.0. The number of carbonyl (C=O) groups is 1. The standard InChI is InChI=1S/C17H22N4O2/c1-17(2)10-20(15(17)14-4-3-7-23-14)16(22)12-9-19-21-6-5-11(18)8-13(12)21/h5-6,8-9,14-15H,3-4,7,10,18H2,1-2H3. The molecule has 0 bridgehead atoms. The fourth-order valence-corrected chi connectivity index (χ4v) is 4.01. The minimum absolute atomic E-state index is 0.0189. The van der Waals surface area contributed by atoms with Crippen molar-refractivity contribution in [1.82, 2.24) is 14.5 Å². The quantitative estimate of drug-likeness (QED) is 0.919. The summed E-state index contributed by atoms with van der Waals surface area (Å²) in [5.74, 6) is 0.0189. The Hall–Kier alpha value is -2.08. The molecule has 122 valence electrons. The highest BCUT2D eigenvalue weighted by Gasteiger charge is 2.53. The molecule has 2 unspecified atom stereocenters. The Kier molecular flexibility index (Phi) is 3.13. The van der Waals surface area contributed by atoms with E-state index >= 15 is 0 Å². The maximum Gasteiger partial charge on any atom is 0.258 e. The number of amides is 1. The number of nitrogens with zero attached hydrogens (tertiary/aromatic N) is 3. The summed E-state index contributed by atoms with van der Waals surface area (Å²) in [6.45, 7) is 5.96. The average Bonchev–Trinajstić information content (AvgIpc) is 3.13. The van der Waals surface area contributed by atoms with Gasteiger partial charge < -0.3 is 15.4 Å². The van der Waals surface area contributed by atoms with Crippen LogP contribution in [-0.4, -0.2) is 45.7 Å². The van der Waals surface area contributed by atoms with Crippen LogP contribution in [-0.2, 0) is 4.74 Å². The lowest BCUT2D eigenvalue weighted by atomic mass is 9.71. The van der Waals surface area contributed by atoms with Gasteiger partial charge in [-0.3, -0.25) is 4.79 Å². The number of nitrogen functional groups attached to an aromatic ring is 1. The molecule has 0 spiro atoms. The zero-order chi connectivity index (χ0) is 16.2. The zero-order valence-corrected chi connectivity index (χ0v) is 13.5. The van der Waals surface area contributed by atoms with E-state index in [-0.39, 0.29) is 23.5 Å². The van der Waals surface area contributed by atoms with Crippen LogP contribution in [0.5, 0.6) is 0 Å². The summed E-state index contributed by atoms with van der Waals surface area (Å²) in [6, 6.07) is 3.70. The number of ether oxygens (including phenoxy) is 1. The van der Waals surface area contributed by atoms with Crippen molar-refractivity contribution < 1.29 is 9.53 Å². The molecule has 4 heterocycles. The average molecular weight is 314 g/mol. The van der Waals surface area contributed by atoms with Crippen LogP contribution >= 0.6 is 0 Å². The summed E-state index contributed by atoms with van der Waals surface area (Å²) in [5, 5.41) is 4.26. The minimum atomic E-state index is 0.0189. The lowest BCUT2D eigenvalue weighted by Crippen LogP contribution is -2.68. The molecule has 2 fully saturated rings. The van der Waals surface area contributed by atoms with Gasteiger partial charge in [0.1, 0.15) is 0 Å². The molecule has 2 atom stereocenters. The van der Waals surface area contributed by atoms with Crippen LogP contribution in [0.4, 0.5) is 5.69 Å². The molecule has 2 aromatic rings. The molecule has 0 aliphatic carbocycles. The van der Waals surface area contributed by atoms with Gasteiger partial charge in [0.05, 0.1) is 29.4 Å². The Balaban J connectivity index is 1.66. The first-order chi connectivity index (χ1) is 11.0. The van der Waals surface area contributed by atoms with Crippen LogP contribution in [0.3, 0.4) is 0 Å². The number of nitrogens with two attached hydrogens (primary N) is 1. The molecule has 0 saturated carbocycles. The third-order valence-corrected chi connectivity index (χ3v) is 5.07. The Labute approximate surface area is 135 Å². The van der Waals surface area contributed by atoms with E-state index in [4.69, 9.17) is 10.5 Å². The van der Waals surface area contributed by atoms with Crippen LogP contribution in [0, 0.1) is 5.41 Å². The zero-order valence-electron chi connectivity index (χ0n) is 13.5. The van der Waals surface area contributed by atoms with E-state index in [1.807, 2.05) is 4.90 Å². The molecule has 6 heteroatoms. The molecule has 2 aromatic heterocycles. The number of likely N-dealkylation sites (tertiary alicyclic amines) is 1. The van der Waals surface area contributed by atoms with E-state index in [0.717, 1.165) is 31.5 Å². The molecule has 0 aromatic carbocycles. The predicted octanol–water partition coefficient (Wildman–Crippen LogP) is 1.95. The molecular formula is C17H22N4O2. The van der Waals surface area contributed by atoms with Crippen LogP contribution in [0.1, 0.15) is 37.0 Å². The molecule has 2 aliphatic heterocycles. The lowest BCUT2D eigenvalue weighted by molar-refractivity contribution is -0.0960. The minimum Gasteiger partial charge on any atom is -0.399 e. The van der Waals surface area contributed by atoms with E-state index in [1.165, 1.54) is 0 Å². The molecule has 2 aliphatic rings. The first-order valence-corrected chi connectivity index (χ1v) is 8.13. The van der Waals surface area contributed by atoms with E-state index in [0.29, 0.717) is 11.3 Å². The van der Waals surface area contributed by atoms with Crippen molar-refractivity contribution in [3.63, 3.8) is 0 Å². The van der Waals surface area contributed by atoms with Gasteiger partial charge in [0.15, 0.2) is 0 Å². The summed E-state index contributed by atoms with van der Waals surface area (Å²) >= 11 is 0. The number of hydrogen-bond acceptors (Lipinski definition) is 4. The predicted molar refractivity (Wildman–Crippen MR) is 87.2 cm³/mol. The molecule has 4 rings (SSSR count). The fourth-order valence-electron chi connectivity index (χ4n) is 4.01. The van der Waals surface area contributed by atoms with E-state index in [9.17, 15) is 4.79 Å². The molecular weight excluding hydrogens is 292 g/mol. The van der Waals surface area contributed by atoms with Gasteiger partial charge in [-0.25, -0.2) is 4.52 Å². The summed E-state index contributed by atoms with van der Waals surface area (Å²) in [6.07, 6.45) is 5.66. The topological polar surface area (TPSA) is 72.9 Å². The maximum absolute atomic E-state index is 13.0. The normalized spacial score (nSPS) is 26.4. The van der Waals surface area contributed by atoms with Gasteiger partial charge in [-0.05, 0) is 25.0 Å². The van der Waals surface area contributed by atoms with Crippen molar-refractivity contribution in [3.05, 3.63) is 30.1 Å². The van der Waals surface area contributed by atoms with Crippen molar-refractivity contribution >= 4 is 17.1 Å². The maximum atomic E-state index is 13.0. The monoisotopic (exact) mass is 314 g/mol. The first-order valence-electron chi connectivity index (χ1n) is 8.13. The number of aromatic nitrogens is 2. The highest BCUT2D eigenvalue weighted by Crippen LogP contribution is 2.43. The molecule has 6 nitrogen and oxygen atoms in total. The molecule has 2 saturated heterocycles. The van der Waals surface area contributed by atoms with E-state index in [2.05, 4.69) is 18.9 Å². The summed E-state index contributed by atoms with van der Waals surface area (Å²) in [7, 11) is 0. The Morgan fingerprint density at radius 3 is 3.00 bits per heavy atom. The SMILES string of the molecule is CC1(C)CN(C(=O)c2cnn3ccc(N)cc23)C1C1CCCO1. The van der Waals surface area contributed by atoms with Gasteiger partial charge in [0.25, 0.3) is 5.91 Å². The second kappa shape index (κ2) is 4.96. The summed E-state index contributed by atoms with van der Waals surface area (Å²) in [5.41, 5.74) is 7.94. The third kappa shape index (κ3) is 2.20. The van der Waals surface area contributed by atoms with Gasteiger partial charge in [-0.2, -0.15) is 5.10 Å². The highest BCUT2D eigenvalue weighted by atomic mass is 16.5. The second-order valence-electron chi connectivity index (χ2n) is 7.27. The molecule has 23 heavy (non-hydrogen) atoms. The fraction of sp³-hybridized carbons (Fsp3) is 0.529. The second-order valence-corrected chi connectivity index (χ2v) is 7.27. The molecule has 2 N–H and O–H groups in total. The van der Waals surface area contributed by atoms with E-state index < -0.39 is 0 Å². The smallest absolute Gasteiger partial charge is 0.258 e. The van der Waals surface area contributed by atoms with Crippen molar-refractivity contribution in [2.24, 2.45) is 5.41 Å². The number of fused-ring (bicyclic) bond motifs is 1. The molecule has 0 radical (unpaired) electrons. The van der Waals surface area contributed by atoms with Gasteiger partial charge >= 0.3 is 0 Å². The third-order valence-electron chi connectivity index (χ3n) is 5.07. The Morgan fingerprint density at radius 2 is 2.30 bits per heavy atom. The number of anilines is 1. The van der Waals surface area contributed by atoms with E-state index in [1.54, 1.807) is 29.0 Å².